The predicted molar refractivity (Wildman–Crippen MR) is 90.2 cm³/mol. The minimum atomic E-state index is -0.274. The van der Waals surface area contributed by atoms with Crippen LogP contribution in [0.1, 0.15) is 32.3 Å². The molecule has 0 aromatic heterocycles. The van der Waals surface area contributed by atoms with E-state index in [0.29, 0.717) is 0 Å². The average molecular weight is 330 g/mol. The second-order valence-corrected chi connectivity index (χ2v) is 5.80. The van der Waals surface area contributed by atoms with Crippen LogP contribution in [0.4, 0.5) is 0 Å². The second kappa shape index (κ2) is 8.29. The van der Waals surface area contributed by atoms with Gasteiger partial charge in [-0.2, -0.15) is 0 Å². The normalized spacial score (nSPS) is 14.7. The van der Waals surface area contributed by atoms with Gasteiger partial charge in [-0.1, -0.05) is 12.1 Å². The van der Waals surface area contributed by atoms with E-state index in [1.54, 1.807) is 6.08 Å². The zero-order chi connectivity index (χ0) is 17.5. The molecule has 1 aromatic carbocycles. The minimum Gasteiger partial charge on any atom is -0.491 e. The van der Waals surface area contributed by atoms with E-state index in [-0.39, 0.29) is 49.8 Å². The maximum Gasteiger partial charge on any atom is 0.244 e. The Kier molecular flexibility index (Phi) is 6.12. The highest BCUT2D eigenvalue weighted by Gasteiger charge is 2.28. The summed E-state index contributed by atoms with van der Waals surface area (Å²) in [5.41, 5.74) is 0.855. The van der Waals surface area contributed by atoms with Crippen molar-refractivity contribution in [2.75, 3.05) is 13.1 Å². The number of imide groups is 1. The molecule has 1 aromatic rings. The Morgan fingerprint density at radius 2 is 2.00 bits per heavy atom. The first-order valence-electron chi connectivity index (χ1n) is 8.01. The fraction of sp³-hybridized carbons (Fsp3) is 0.389. The van der Waals surface area contributed by atoms with Crippen LogP contribution in [0.2, 0.25) is 0 Å². The van der Waals surface area contributed by atoms with Crippen LogP contribution in [-0.4, -0.2) is 41.8 Å². The topological polar surface area (TPSA) is 75.7 Å². The van der Waals surface area contributed by atoms with Crippen LogP contribution in [0.15, 0.2) is 30.3 Å². The van der Waals surface area contributed by atoms with Crippen LogP contribution in [-0.2, 0) is 14.4 Å². The molecule has 6 nitrogen and oxygen atoms in total. The molecule has 6 heteroatoms. The van der Waals surface area contributed by atoms with Crippen molar-refractivity contribution in [2.45, 2.75) is 32.8 Å². The fourth-order valence-electron chi connectivity index (χ4n) is 2.36. The summed E-state index contributed by atoms with van der Waals surface area (Å²) in [6.45, 7) is 4.36. The van der Waals surface area contributed by atoms with E-state index >= 15 is 0 Å². The van der Waals surface area contributed by atoms with E-state index in [1.165, 1.54) is 11.0 Å². The molecule has 0 atom stereocenters. The number of ether oxygens (including phenoxy) is 1. The lowest BCUT2D eigenvalue weighted by atomic mass is 10.2. The van der Waals surface area contributed by atoms with Crippen LogP contribution in [0.25, 0.3) is 6.08 Å². The molecule has 1 fully saturated rings. The molecule has 0 saturated carbocycles. The summed E-state index contributed by atoms with van der Waals surface area (Å²) in [5, 5.41) is 2.66. The Balaban J connectivity index is 1.80. The van der Waals surface area contributed by atoms with Crippen LogP contribution >= 0.6 is 0 Å². The molecule has 1 heterocycles. The monoisotopic (exact) mass is 330 g/mol. The Morgan fingerprint density at radius 3 is 2.67 bits per heavy atom. The molecule has 3 amide bonds. The summed E-state index contributed by atoms with van der Waals surface area (Å²) >= 11 is 0. The van der Waals surface area contributed by atoms with E-state index in [0.717, 1.165) is 11.3 Å². The van der Waals surface area contributed by atoms with Crippen molar-refractivity contribution in [2.24, 2.45) is 0 Å². The SMILES string of the molecule is CC(C)Oc1cccc(/C=C/C(=O)NCCN2C(=O)CCC2=O)c1. The van der Waals surface area contributed by atoms with Gasteiger partial charge in [0.25, 0.3) is 0 Å². The molecule has 0 spiro atoms. The Bertz CT molecular complexity index is 636. The fourth-order valence-corrected chi connectivity index (χ4v) is 2.36. The quantitative estimate of drug-likeness (QED) is 0.610. The summed E-state index contributed by atoms with van der Waals surface area (Å²) in [6.07, 6.45) is 3.73. The van der Waals surface area contributed by atoms with Crippen molar-refractivity contribution in [3.63, 3.8) is 0 Å². The number of carbonyl (C=O) groups excluding carboxylic acids is 3. The number of carbonyl (C=O) groups is 3. The molecule has 1 aliphatic rings. The molecule has 1 N–H and O–H groups in total. The van der Waals surface area contributed by atoms with Gasteiger partial charge in [-0.15, -0.1) is 0 Å². The Hall–Kier alpha value is -2.63. The molecule has 2 rings (SSSR count). The van der Waals surface area contributed by atoms with Crippen molar-refractivity contribution in [3.8, 4) is 5.75 Å². The van der Waals surface area contributed by atoms with Crippen LogP contribution in [0.5, 0.6) is 5.75 Å². The standard InChI is InChI=1S/C18H22N2O4/c1-13(2)24-15-5-3-4-14(12-15)6-7-16(21)19-10-11-20-17(22)8-9-18(20)23/h3-7,12-13H,8-11H2,1-2H3,(H,19,21)/b7-6+. The van der Waals surface area contributed by atoms with E-state index in [4.69, 9.17) is 4.74 Å². The third-order valence-electron chi connectivity index (χ3n) is 3.45. The first-order chi connectivity index (χ1) is 11.5. The highest BCUT2D eigenvalue weighted by Crippen LogP contribution is 2.15. The van der Waals surface area contributed by atoms with Crippen molar-refractivity contribution in [1.82, 2.24) is 10.2 Å². The van der Waals surface area contributed by atoms with Crippen molar-refractivity contribution in [3.05, 3.63) is 35.9 Å². The first kappa shape index (κ1) is 17.7. The van der Waals surface area contributed by atoms with Crippen LogP contribution in [0.3, 0.4) is 0 Å². The number of likely N-dealkylation sites (tertiary alicyclic amines) is 1. The summed E-state index contributed by atoms with van der Waals surface area (Å²) in [7, 11) is 0. The molecule has 0 bridgehead atoms. The van der Waals surface area contributed by atoms with E-state index in [1.807, 2.05) is 38.1 Å². The maximum absolute atomic E-state index is 11.8. The van der Waals surface area contributed by atoms with Gasteiger partial charge in [-0.05, 0) is 37.6 Å². The third kappa shape index (κ3) is 5.22. The Labute approximate surface area is 141 Å². The van der Waals surface area contributed by atoms with Gasteiger partial charge < -0.3 is 10.1 Å². The van der Waals surface area contributed by atoms with Crippen molar-refractivity contribution in [1.29, 1.82) is 0 Å². The Morgan fingerprint density at radius 1 is 1.29 bits per heavy atom. The van der Waals surface area contributed by atoms with Crippen molar-refractivity contribution < 1.29 is 19.1 Å². The van der Waals surface area contributed by atoms with Gasteiger partial charge >= 0.3 is 0 Å². The zero-order valence-corrected chi connectivity index (χ0v) is 14.0. The van der Waals surface area contributed by atoms with Gasteiger partial charge in [0, 0.05) is 32.0 Å². The molecule has 1 aliphatic heterocycles. The van der Waals surface area contributed by atoms with E-state index in [9.17, 15) is 14.4 Å². The molecule has 0 radical (unpaired) electrons. The minimum absolute atomic E-state index is 0.0866. The highest BCUT2D eigenvalue weighted by molar-refractivity contribution is 6.02. The highest BCUT2D eigenvalue weighted by atomic mass is 16.5. The lowest BCUT2D eigenvalue weighted by Crippen LogP contribution is -2.37. The van der Waals surface area contributed by atoms with Crippen LogP contribution < -0.4 is 10.1 Å². The van der Waals surface area contributed by atoms with Gasteiger partial charge in [0.2, 0.25) is 17.7 Å². The summed E-state index contributed by atoms with van der Waals surface area (Å²) in [5.74, 6) is 0.126. The summed E-state index contributed by atoms with van der Waals surface area (Å²) < 4.78 is 5.60. The van der Waals surface area contributed by atoms with Gasteiger partial charge in [0.05, 0.1) is 6.10 Å². The number of rotatable bonds is 7. The number of hydrogen-bond acceptors (Lipinski definition) is 4. The average Bonchev–Trinajstić information content (AvgIpc) is 2.84. The number of amides is 3. The smallest absolute Gasteiger partial charge is 0.244 e. The van der Waals surface area contributed by atoms with E-state index < -0.39 is 0 Å². The third-order valence-corrected chi connectivity index (χ3v) is 3.45. The van der Waals surface area contributed by atoms with Crippen molar-refractivity contribution >= 4 is 23.8 Å². The largest absolute Gasteiger partial charge is 0.491 e. The molecule has 0 unspecified atom stereocenters. The molecular weight excluding hydrogens is 308 g/mol. The number of hydrogen-bond donors (Lipinski definition) is 1. The van der Waals surface area contributed by atoms with Gasteiger partial charge in [-0.25, -0.2) is 0 Å². The molecule has 24 heavy (non-hydrogen) atoms. The number of nitrogens with one attached hydrogen (secondary N) is 1. The summed E-state index contributed by atoms with van der Waals surface area (Å²) in [4.78, 5) is 35.9. The summed E-state index contributed by atoms with van der Waals surface area (Å²) in [6, 6.07) is 7.45. The second-order valence-electron chi connectivity index (χ2n) is 5.80. The van der Waals surface area contributed by atoms with Gasteiger partial charge in [0.1, 0.15) is 5.75 Å². The maximum atomic E-state index is 11.8. The molecule has 128 valence electrons. The number of nitrogens with zero attached hydrogens (tertiary/aromatic N) is 1. The lowest BCUT2D eigenvalue weighted by molar-refractivity contribution is -0.138. The van der Waals surface area contributed by atoms with Gasteiger partial charge in [-0.3, -0.25) is 19.3 Å². The number of benzene rings is 1. The molecular formula is C18H22N2O4. The molecule has 0 aliphatic carbocycles. The lowest BCUT2D eigenvalue weighted by Gasteiger charge is -2.13. The van der Waals surface area contributed by atoms with Crippen LogP contribution in [0, 0.1) is 0 Å². The zero-order valence-electron chi connectivity index (χ0n) is 14.0. The van der Waals surface area contributed by atoms with E-state index in [2.05, 4.69) is 5.32 Å². The van der Waals surface area contributed by atoms with Gasteiger partial charge in [0.15, 0.2) is 0 Å². The predicted octanol–water partition coefficient (Wildman–Crippen LogP) is 1.75. The molecule has 1 saturated heterocycles. The first-order valence-corrected chi connectivity index (χ1v) is 8.01.